The molecular formula is C17H18O5. The zero-order chi connectivity index (χ0) is 16.2. The van der Waals surface area contributed by atoms with Crippen molar-refractivity contribution in [2.75, 3.05) is 14.2 Å². The fourth-order valence-corrected chi connectivity index (χ4v) is 2.09. The number of hydrogen-bond acceptors (Lipinski definition) is 5. The number of phenolic OH excluding ortho intramolecular Hbond substituents is 1. The summed E-state index contributed by atoms with van der Waals surface area (Å²) in [7, 11) is 2.86. The Balaban J connectivity index is 2.25. The molecule has 5 heteroatoms. The number of hydrogen-bond donors (Lipinski definition) is 2. The van der Waals surface area contributed by atoms with Crippen LogP contribution in [0.2, 0.25) is 0 Å². The summed E-state index contributed by atoms with van der Waals surface area (Å²) in [4.78, 5) is 10.9. The van der Waals surface area contributed by atoms with E-state index in [0.29, 0.717) is 23.8 Å². The lowest BCUT2D eigenvalue weighted by Gasteiger charge is -2.23. The van der Waals surface area contributed by atoms with Crippen molar-refractivity contribution >= 4 is 12.4 Å². The minimum absolute atomic E-state index is 0.0295. The van der Waals surface area contributed by atoms with Gasteiger partial charge in [0.2, 0.25) is 0 Å². The lowest BCUT2D eigenvalue weighted by molar-refractivity contribution is -0.143. The van der Waals surface area contributed by atoms with Gasteiger partial charge in [-0.05, 0) is 23.8 Å². The maximum absolute atomic E-state index is 10.9. The van der Waals surface area contributed by atoms with Crippen molar-refractivity contribution in [3.8, 4) is 11.5 Å². The van der Waals surface area contributed by atoms with Crippen LogP contribution in [0.4, 0.5) is 0 Å². The van der Waals surface area contributed by atoms with E-state index in [1.165, 1.54) is 20.3 Å². The second kappa shape index (κ2) is 6.60. The van der Waals surface area contributed by atoms with E-state index >= 15 is 0 Å². The maximum atomic E-state index is 10.9. The molecule has 0 heterocycles. The fourth-order valence-electron chi connectivity index (χ4n) is 2.09. The first-order chi connectivity index (χ1) is 10.5. The molecular weight excluding hydrogens is 284 g/mol. The van der Waals surface area contributed by atoms with Crippen LogP contribution < -0.4 is 4.74 Å². The van der Waals surface area contributed by atoms with Crippen LogP contribution in [-0.4, -0.2) is 36.5 Å². The van der Waals surface area contributed by atoms with E-state index in [1.54, 1.807) is 30.4 Å². The van der Waals surface area contributed by atoms with Crippen molar-refractivity contribution in [3.05, 3.63) is 53.1 Å². The molecule has 1 aromatic carbocycles. The molecule has 116 valence electrons. The summed E-state index contributed by atoms with van der Waals surface area (Å²) < 4.78 is 10.0. The number of carbonyl (C=O) groups is 1. The fraction of sp³-hybridized carbons (Fsp3) is 0.235. The minimum atomic E-state index is -1.26. The molecule has 1 aliphatic rings. The van der Waals surface area contributed by atoms with E-state index in [1.807, 2.05) is 6.08 Å². The number of aliphatic hydroxyl groups is 1. The van der Waals surface area contributed by atoms with Crippen molar-refractivity contribution in [2.45, 2.75) is 12.2 Å². The highest BCUT2D eigenvalue weighted by atomic mass is 16.6. The summed E-state index contributed by atoms with van der Waals surface area (Å²) in [5, 5.41) is 20.0. The van der Waals surface area contributed by atoms with Gasteiger partial charge in [0.25, 0.3) is 0 Å². The molecule has 22 heavy (non-hydrogen) atoms. The highest BCUT2D eigenvalue weighted by molar-refractivity contribution is 5.80. The standard InChI is InChI=1S/C17H18O5/c1-21-15-10-13(11-18)9-14(16(15)19)4-3-12-5-7-17(20,22-2)8-6-12/h3-7,9-11,19-20H,8H2,1-2H3. The smallest absolute Gasteiger partial charge is 0.188 e. The number of aromatic hydroxyl groups is 1. The Bertz CT molecular complexity index is 657. The first-order valence-electron chi connectivity index (χ1n) is 6.72. The first kappa shape index (κ1) is 16.0. The molecule has 0 saturated carbocycles. The van der Waals surface area contributed by atoms with Crippen molar-refractivity contribution in [2.24, 2.45) is 0 Å². The number of allylic oxidation sites excluding steroid dienone is 3. The molecule has 0 saturated heterocycles. The molecule has 0 aromatic heterocycles. The summed E-state index contributed by atoms with van der Waals surface area (Å²) in [6, 6.07) is 3.04. The van der Waals surface area contributed by atoms with Gasteiger partial charge >= 0.3 is 0 Å². The number of carbonyl (C=O) groups excluding carboxylic acids is 1. The highest BCUT2D eigenvalue weighted by Crippen LogP contribution is 2.32. The van der Waals surface area contributed by atoms with Crippen LogP contribution in [-0.2, 0) is 4.74 Å². The highest BCUT2D eigenvalue weighted by Gasteiger charge is 2.23. The number of rotatable bonds is 5. The molecule has 2 rings (SSSR count). The second-order valence-corrected chi connectivity index (χ2v) is 4.90. The zero-order valence-corrected chi connectivity index (χ0v) is 12.4. The third-order valence-electron chi connectivity index (χ3n) is 3.46. The van der Waals surface area contributed by atoms with Crippen LogP contribution in [0.15, 0.2) is 42.0 Å². The molecule has 1 atom stereocenters. The van der Waals surface area contributed by atoms with E-state index in [0.717, 1.165) is 5.57 Å². The molecule has 0 fully saturated rings. The van der Waals surface area contributed by atoms with Crippen molar-refractivity contribution in [3.63, 3.8) is 0 Å². The van der Waals surface area contributed by atoms with Gasteiger partial charge in [-0.15, -0.1) is 0 Å². The van der Waals surface area contributed by atoms with Crippen LogP contribution in [0.5, 0.6) is 11.5 Å². The SMILES string of the molecule is COc1cc(C=O)cc(C=CC2=CCC(O)(OC)C=C2)c1O. The quantitative estimate of drug-likeness (QED) is 0.645. The third-order valence-corrected chi connectivity index (χ3v) is 3.46. The van der Waals surface area contributed by atoms with Crippen molar-refractivity contribution in [1.82, 2.24) is 0 Å². The van der Waals surface area contributed by atoms with E-state index in [9.17, 15) is 15.0 Å². The molecule has 0 bridgehead atoms. The number of benzene rings is 1. The Morgan fingerprint density at radius 2 is 2.05 bits per heavy atom. The molecule has 1 aromatic rings. The number of ether oxygens (including phenoxy) is 2. The second-order valence-electron chi connectivity index (χ2n) is 4.90. The predicted molar refractivity (Wildman–Crippen MR) is 82.9 cm³/mol. The molecule has 0 spiro atoms. The van der Waals surface area contributed by atoms with E-state index in [2.05, 4.69) is 0 Å². The van der Waals surface area contributed by atoms with Crippen molar-refractivity contribution in [1.29, 1.82) is 0 Å². The Kier molecular flexibility index (Phi) is 4.80. The monoisotopic (exact) mass is 302 g/mol. The Morgan fingerprint density at radius 3 is 2.59 bits per heavy atom. The van der Waals surface area contributed by atoms with E-state index in [-0.39, 0.29) is 11.5 Å². The Labute approximate surface area is 128 Å². The zero-order valence-electron chi connectivity index (χ0n) is 12.4. The molecule has 1 unspecified atom stereocenters. The summed E-state index contributed by atoms with van der Waals surface area (Å²) in [5.41, 5.74) is 1.75. The van der Waals surface area contributed by atoms with Gasteiger partial charge in [0, 0.05) is 24.7 Å². The summed E-state index contributed by atoms with van der Waals surface area (Å²) in [6.45, 7) is 0. The first-order valence-corrected chi connectivity index (χ1v) is 6.72. The van der Waals surface area contributed by atoms with Crippen molar-refractivity contribution < 1.29 is 24.5 Å². The molecule has 1 aliphatic carbocycles. The van der Waals surface area contributed by atoms with Crippen LogP contribution >= 0.6 is 0 Å². The van der Waals surface area contributed by atoms with Gasteiger partial charge in [0.1, 0.15) is 6.29 Å². The normalized spacial score (nSPS) is 21.0. The average Bonchev–Trinajstić information content (AvgIpc) is 2.55. The van der Waals surface area contributed by atoms with Gasteiger partial charge in [0.15, 0.2) is 17.3 Å². The molecule has 0 aliphatic heterocycles. The number of methoxy groups -OCH3 is 2. The van der Waals surface area contributed by atoms with Gasteiger partial charge in [-0.2, -0.15) is 0 Å². The largest absolute Gasteiger partial charge is 0.504 e. The van der Waals surface area contributed by atoms with Gasteiger partial charge in [-0.1, -0.05) is 24.3 Å². The molecule has 2 N–H and O–H groups in total. The Hall–Kier alpha value is -2.37. The van der Waals surface area contributed by atoms with Gasteiger partial charge in [-0.3, -0.25) is 4.79 Å². The average molecular weight is 302 g/mol. The van der Waals surface area contributed by atoms with Gasteiger partial charge < -0.3 is 19.7 Å². The summed E-state index contributed by atoms with van der Waals surface area (Å²) in [6.07, 6.45) is 9.59. The molecule has 0 amide bonds. The van der Waals surface area contributed by atoms with E-state index in [4.69, 9.17) is 9.47 Å². The predicted octanol–water partition coefficient (Wildman–Crippen LogP) is 2.45. The van der Waals surface area contributed by atoms with Gasteiger partial charge in [-0.25, -0.2) is 0 Å². The third kappa shape index (κ3) is 3.44. The maximum Gasteiger partial charge on any atom is 0.188 e. The van der Waals surface area contributed by atoms with E-state index < -0.39 is 5.79 Å². The van der Waals surface area contributed by atoms with Crippen LogP contribution in [0.1, 0.15) is 22.3 Å². The Morgan fingerprint density at radius 1 is 1.27 bits per heavy atom. The van der Waals surface area contributed by atoms with Crippen LogP contribution in [0.25, 0.3) is 6.08 Å². The van der Waals surface area contributed by atoms with Crippen LogP contribution in [0.3, 0.4) is 0 Å². The van der Waals surface area contributed by atoms with Crippen LogP contribution in [0, 0.1) is 0 Å². The molecule has 5 nitrogen and oxygen atoms in total. The lowest BCUT2D eigenvalue weighted by Crippen LogP contribution is -2.28. The topological polar surface area (TPSA) is 76.0 Å². The number of aldehydes is 1. The summed E-state index contributed by atoms with van der Waals surface area (Å²) in [5.74, 6) is -1.05. The summed E-state index contributed by atoms with van der Waals surface area (Å²) >= 11 is 0. The van der Waals surface area contributed by atoms with Gasteiger partial charge in [0.05, 0.1) is 7.11 Å². The molecule has 0 radical (unpaired) electrons. The lowest BCUT2D eigenvalue weighted by atomic mass is 10.0. The minimum Gasteiger partial charge on any atom is -0.504 e. The number of phenols is 1.